The third-order valence-electron chi connectivity index (χ3n) is 2.44. The van der Waals surface area contributed by atoms with Gasteiger partial charge in [0.05, 0.1) is 13.2 Å². The largest absolute Gasteiger partial charge is 0.494 e. The van der Waals surface area contributed by atoms with Crippen molar-refractivity contribution in [1.29, 1.82) is 0 Å². The van der Waals surface area contributed by atoms with Crippen LogP contribution in [-0.4, -0.2) is 7.11 Å². The molecule has 1 unspecified atom stereocenters. The predicted molar refractivity (Wildman–Crippen MR) is 62.7 cm³/mol. The summed E-state index contributed by atoms with van der Waals surface area (Å²) in [5, 5.41) is 0.254. The van der Waals surface area contributed by atoms with E-state index < -0.39 is 11.9 Å². The minimum absolute atomic E-state index is 0.179. The van der Waals surface area contributed by atoms with Gasteiger partial charge < -0.3 is 14.9 Å². The number of ether oxygens (including phenoxy) is 1. The van der Waals surface area contributed by atoms with E-state index >= 15 is 0 Å². The first-order chi connectivity index (χ1) is 8.11. The predicted octanol–water partition coefficient (Wildman–Crippen LogP) is 3.13. The number of rotatable bonds is 3. The summed E-state index contributed by atoms with van der Waals surface area (Å²) in [7, 11) is 1.41. The standard InChI is InChI=1S/C12H11ClFNO2/c1-16-9-3-2-7(6-8(9)14)12(15)10-4-5-11(13)17-10/h2-6,12H,15H2,1H3. The maximum atomic E-state index is 13.5. The summed E-state index contributed by atoms with van der Waals surface area (Å²) in [5.74, 6) is 0.205. The fourth-order valence-electron chi connectivity index (χ4n) is 1.54. The topological polar surface area (TPSA) is 48.4 Å². The molecule has 1 atom stereocenters. The fraction of sp³-hybridized carbons (Fsp3) is 0.167. The van der Waals surface area contributed by atoms with Crippen molar-refractivity contribution in [2.75, 3.05) is 7.11 Å². The Labute approximate surface area is 103 Å². The summed E-state index contributed by atoms with van der Waals surface area (Å²) in [4.78, 5) is 0. The van der Waals surface area contributed by atoms with Gasteiger partial charge in [-0.2, -0.15) is 0 Å². The van der Waals surface area contributed by atoms with Gasteiger partial charge >= 0.3 is 0 Å². The van der Waals surface area contributed by atoms with Crippen LogP contribution in [-0.2, 0) is 0 Å². The lowest BCUT2D eigenvalue weighted by Crippen LogP contribution is -2.11. The molecular formula is C12H11ClFNO2. The first-order valence-corrected chi connectivity index (χ1v) is 5.34. The fourth-order valence-corrected chi connectivity index (χ4v) is 1.69. The molecule has 0 aliphatic rings. The Morgan fingerprint density at radius 1 is 1.35 bits per heavy atom. The van der Waals surface area contributed by atoms with Crippen molar-refractivity contribution in [3.63, 3.8) is 0 Å². The van der Waals surface area contributed by atoms with E-state index in [0.717, 1.165) is 0 Å². The van der Waals surface area contributed by atoms with E-state index in [4.69, 9.17) is 26.5 Å². The molecule has 2 rings (SSSR count). The number of nitrogens with two attached hydrogens (primary N) is 1. The lowest BCUT2D eigenvalue weighted by Gasteiger charge is -2.10. The van der Waals surface area contributed by atoms with Gasteiger partial charge in [-0.15, -0.1) is 0 Å². The number of hydrogen-bond acceptors (Lipinski definition) is 3. The molecule has 0 spiro atoms. The first-order valence-electron chi connectivity index (χ1n) is 4.96. The van der Waals surface area contributed by atoms with E-state index in [1.807, 2.05) is 0 Å². The highest BCUT2D eigenvalue weighted by Gasteiger charge is 2.15. The van der Waals surface area contributed by atoms with Crippen LogP contribution in [0, 0.1) is 5.82 Å². The number of benzene rings is 1. The van der Waals surface area contributed by atoms with E-state index in [9.17, 15) is 4.39 Å². The third-order valence-corrected chi connectivity index (χ3v) is 2.64. The molecule has 0 aliphatic carbocycles. The van der Waals surface area contributed by atoms with Crippen LogP contribution in [0.2, 0.25) is 5.22 Å². The van der Waals surface area contributed by atoms with Crippen molar-refractivity contribution in [3.8, 4) is 5.75 Å². The van der Waals surface area contributed by atoms with Gasteiger partial charge in [0.15, 0.2) is 16.8 Å². The van der Waals surface area contributed by atoms with Crippen LogP contribution in [0.1, 0.15) is 17.4 Å². The highest BCUT2D eigenvalue weighted by molar-refractivity contribution is 6.28. The van der Waals surface area contributed by atoms with Gasteiger partial charge in [-0.1, -0.05) is 6.07 Å². The molecule has 2 aromatic rings. The lowest BCUT2D eigenvalue weighted by molar-refractivity contribution is 0.385. The third kappa shape index (κ3) is 2.43. The Morgan fingerprint density at radius 3 is 2.65 bits per heavy atom. The summed E-state index contributed by atoms with van der Waals surface area (Å²) in [6.07, 6.45) is 0. The van der Waals surface area contributed by atoms with Crippen molar-refractivity contribution in [3.05, 3.63) is 52.7 Å². The maximum Gasteiger partial charge on any atom is 0.193 e. The summed E-state index contributed by atoms with van der Waals surface area (Å²) in [6.45, 7) is 0. The van der Waals surface area contributed by atoms with E-state index in [0.29, 0.717) is 11.3 Å². The SMILES string of the molecule is COc1ccc(C(N)c2ccc(Cl)o2)cc1F. The van der Waals surface area contributed by atoms with Crippen LogP contribution in [0.3, 0.4) is 0 Å². The molecule has 5 heteroatoms. The van der Waals surface area contributed by atoms with Crippen LogP contribution >= 0.6 is 11.6 Å². The quantitative estimate of drug-likeness (QED) is 0.917. The van der Waals surface area contributed by atoms with E-state index in [1.165, 1.54) is 19.2 Å². The van der Waals surface area contributed by atoms with Gasteiger partial charge in [0.1, 0.15) is 5.76 Å². The summed E-state index contributed by atoms with van der Waals surface area (Å²) >= 11 is 5.65. The van der Waals surface area contributed by atoms with Gasteiger partial charge in [0.2, 0.25) is 0 Å². The van der Waals surface area contributed by atoms with Crippen LogP contribution in [0.15, 0.2) is 34.7 Å². The van der Waals surface area contributed by atoms with Gasteiger partial charge in [-0.25, -0.2) is 4.39 Å². The lowest BCUT2D eigenvalue weighted by atomic mass is 10.1. The van der Waals surface area contributed by atoms with Crippen molar-refractivity contribution >= 4 is 11.6 Å². The monoisotopic (exact) mass is 255 g/mol. The molecule has 0 radical (unpaired) electrons. The van der Waals surface area contributed by atoms with Crippen molar-refractivity contribution < 1.29 is 13.5 Å². The molecule has 0 aliphatic heterocycles. The number of hydrogen-bond donors (Lipinski definition) is 1. The zero-order valence-electron chi connectivity index (χ0n) is 9.11. The van der Waals surface area contributed by atoms with Crippen LogP contribution in [0.4, 0.5) is 4.39 Å². The average molecular weight is 256 g/mol. The molecule has 1 aromatic carbocycles. The highest BCUT2D eigenvalue weighted by Crippen LogP contribution is 2.26. The minimum Gasteiger partial charge on any atom is -0.494 e. The molecule has 0 amide bonds. The molecule has 2 N–H and O–H groups in total. The molecule has 0 fully saturated rings. The second-order valence-corrected chi connectivity index (χ2v) is 3.89. The molecule has 0 saturated heterocycles. The maximum absolute atomic E-state index is 13.5. The van der Waals surface area contributed by atoms with Crippen LogP contribution in [0.25, 0.3) is 0 Å². The zero-order chi connectivity index (χ0) is 12.4. The van der Waals surface area contributed by atoms with E-state index in [1.54, 1.807) is 18.2 Å². The minimum atomic E-state index is -0.553. The van der Waals surface area contributed by atoms with E-state index in [2.05, 4.69) is 0 Å². The highest BCUT2D eigenvalue weighted by atomic mass is 35.5. The number of methoxy groups -OCH3 is 1. The Bertz CT molecular complexity index is 527. The normalized spacial score (nSPS) is 12.5. The second kappa shape index (κ2) is 4.77. The Balaban J connectivity index is 2.31. The summed E-state index contributed by atoms with van der Waals surface area (Å²) in [5.41, 5.74) is 6.52. The average Bonchev–Trinajstić information content (AvgIpc) is 2.75. The Morgan fingerprint density at radius 2 is 2.12 bits per heavy atom. The molecule has 17 heavy (non-hydrogen) atoms. The van der Waals surface area contributed by atoms with Crippen molar-refractivity contribution in [1.82, 2.24) is 0 Å². The van der Waals surface area contributed by atoms with Gasteiger partial charge in [-0.05, 0) is 41.4 Å². The Kier molecular flexibility index (Phi) is 3.36. The van der Waals surface area contributed by atoms with Gasteiger partial charge in [0.25, 0.3) is 0 Å². The Hall–Kier alpha value is -1.52. The molecular weight excluding hydrogens is 245 g/mol. The van der Waals surface area contributed by atoms with Crippen molar-refractivity contribution in [2.45, 2.75) is 6.04 Å². The molecule has 1 heterocycles. The molecule has 3 nitrogen and oxygen atoms in total. The van der Waals surface area contributed by atoms with E-state index in [-0.39, 0.29) is 11.0 Å². The van der Waals surface area contributed by atoms with Gasteiger partial charge in [-0.3, -0.25) is 0 Å². The molecule has 1 aromatic heterocycles. The number of furan rings is 1. The first kappa shape index (κ1) is 12.0. The summed E-state index contributed by atoms with van der Waals surface area (Å²) in [6, 6.07) is 7.23. The van der Waals surface area contributed by atoms with Crippen molar-refractivity contribution in [2.24, 2.45) is 5.73 Å². The van der Waals surface area contributed by atoms with Gasteiger partial charge in [0, 0.05) is 0 Å². The summed E-state index contributed by atoms with van der Waals surface area (Å²) < 4.78 is 23.5. The second-order valence-electron chi connectivity index (χ2n) is 3.51. The zero-order valence-corrected chi connectivity index (χ0v) is 9.87. The molecule has 90 valence electrons. The molecule has 0 bridgehead atoms. The smallest absolute Gasteiger partial charge is 0.193 e. The van der Waals surface area contributed by atoms with Crippen LogP contribution < -0.4 is 10.5 Å². The molecule has 0 saturated carbocycles. The number of halogens is 2. The van der Waals surface area contributed by atoms with Crippen LogP contribution in [0.5, 0.6) is 5.75 Å².